The summed E-state index contributed by atoms with van der Waals surface area (Å²) in [5.41, 5.74) is 0.338. The van der Waals surface area contributed by atoms with E-state index in [-0.39, 0.29) is 17.7 Å². The molecule has 33 heavy (non-hydrogen) atoms. The van der Waals surface area contributed by atoms with Crippen LogP contribution < -0.4 is 0 Å². The van der Waals surface area contributed by atoms with Gasteiger partial charge in [-0.1, -0.05) is 78.9 Å². The molecule has 1 unspecified atom stereocenters. The monoisotopic (exact) mass is 451 g/mol. The minimum atomic E-state index is -4.64. The van der Waals surface area contributed by atoms with Gasteiger partial charge in [-0.25, -0.2) is 9.69 Å². The Balaban J connectivity index is 1.63. The molecule has 3 aromatic carbocycles. The number of carbonyl (C=O) groups is 2. The van der Waals surface area contributed by atoms with Crippen LogP contribution in [0.15, 0.2) is 84.9 Å². The summed E-state index contributed by atoms with van der Waals surface area (Å²) in [6.45, 7) is 0.0323. The quantitative estimate of drug-likeness (QED) is 0.449. The third-order valence-corrected chi connectivity index (χ3v) is 5.38. The van der Waals surface area contributed by atoms with Crippen LogP contribution in [-0.4, -0.2) is 29.5 Å². The molecule has 1 saturated heterocycles. The van der Waals surface area contributed by atoms with Crippen LogP contribution in [0.3, 0.4) is 0 Å². The van der Waals surface area contributed by atoms with Crippen LogP contribution in [0.2, 0.25) is 0 Å². The van der Waals surface area contributed by atoms with Crippen molar-refractivity contribution in [2.75, 3.05) is 6.61 Å². The first kappa shape index (κ1) is 22.3. The Morgan fingerprint density at radius 1 is 0.970 bits per heavy atom. The minimum Gasteiger partial charge on any atom is -0.447 e. The van der Waals surface area contributed by atoms with Gasteiger partial charge in [0.2, 0.25) is 0 Å². The normalized spacial score (nSPS) is 16.3. The predicted octanol–water partition coefficient (Wildman–Crippen LogP) is 5.98. The van der Waals surface area contributed by atoms with Crippen LogP contribution >= 0.6 is 0 Å². The van der Waals surface area contributed by atoms with Gasteiger partial charge in [0.15, 0.2) is 0 Å². The first-order valence-electron chi connectivity index (χ1n) is 10.3. The number of rotatable bonds is 5. The van der Waals surface area contributed by atoms with Crippen molar-refractivity contribution in [3.05, 3.63) is 102 Å². The van der Waals surface area contributed by atoms with E-state index in [1.165, 1.54) is 18.2 Å². The number of carbonyl (C=O) groups excluding carboxylic acids is 2. The first-order chi connectivity index (χ1) is 15.8. The molecule has 2 amide bonds. The predicted molar refractivity (Wildman–Crippen MR) is 118 cm³/mol. The number of hydrogen-bond acceptors (Lipinski definition) is 3. The first-order valence-corrected chi connectivity index (χ1v) is 10.3. The maximum Gasteiger partial charge on any atom is 0.417 e. The van der Waals surface area contributed by atoms with E-state index in [9.17, 15) is 22.8 Å². The summed E-state index contributed by atoms with van der Waals surface area (Å²) >= 11 is 0. The van der Waals surface area contributed by atoms with Gasteiger partial charge in [-0.2, -0.15) is 13.2 Å². The van der Waals surface area contributed by atoms with Gasteiger partial charge in [-0.05, 0) is 34.8 Å². The standard InChI is InChI=1S/C26H20F3NO3/c27-26(28,29)24-20(12-7-13-22(24)19-10-5-2-6-11-19)14-15-23(31)30-21(17-33-25(30)32)16-18-8-3-1-4-9-18/h1-15,21H,16-17H2/b15-14+. The molecule has 4 rings (SSSR count). The van der Waals surface area contributed by atoms with Gasteiger partial charge in [0.25, 0.3) is 5.91 Å². The third kappa shape index (κ3) is 4.98. The van der Waals surface area contributed by atoms with Crippen molar-refractivity contribution < 1.29 is 27.5 Å². The van der Waals surface area contributed by atoms with Crippen molar-refractivity contribution >= 4 is 18.1 Å². The Bertz CT molecular complexity index is 1170. The second-order valence-electron chi connectivity index (χ2n) is 7.60. The Kier molecular flexibility index (Phi) is 6.31. The van der Waals surface area contributed by atoms with E-state index in [4.69, 9.17) is 4.74 Å². The number of amides is 2. The maximum atomic E-state index is 14.0. The highest BCUT2D eigenvalue weighted by molar-refractivity contribution is 6.02. The molecular weight excluding hydrogens is 431 g/mol. The van der Waals surface area contributed by atoms with E-state index in [0.717, 1.165) is 22.6 Å². The molecule has 168 valence electrons. The van der Waals surface area contributed by atoms with Crippen molar-refractivity contribution in [1.29, 1.82) is 0 Å². The lowest BCUT2D eigenvalue weighted by Gasteiger charge is -2.18. The van der Waals surface area contributed by atoms with E-state index in [1.807, 2.05) is 30.3 Å². The summed E-state index contributed by atoms with van der Waals surface area (Å²) in [5, 5.41) is 0. The van der Waals surface area contributed by atoms with Crippen LogP contribution in [0, 0.1) is 0 Å². The van der Waals surface area contributed by atoms with Crippen molar-refractivity contribution in [3.8, 4) is 11.1 Å². The summed E-state index contributed by atoms with van der Waals surface area (Å²) in [6.07, 6.45) is -2.96. The number of halogens is 3. The summed E-state index contributed by atoms with van der Waals surface area (Å²) in [7, 11) is 0. The molecule has 0 spiro atoms. The lowest BCUT2D eigenvalue weighted by molar-refractivity contribution is -0.137. The molecule has 1 fully saturated rings. The molecule has 1 heterocycles. The van der Waals surface area contributed by atoms with Gasteiger partial charge < -0.3 is 4.74 Å². The van der Waals surface area contributed by atoms with Crippen molar-refractivity contribution in [2.45, 2.75) is 18.6 Å². The molecule has 7 heteroatoms. The summed E-state index contributed by atoms with van der Waals surface area (Å²) in [4.78, 5) is 25.9. The Morgan fingerprint density at radius 2 is 1.64 bits per heavy atom. The Labute approximate surface area is 188 Å². The summed E-state index contributed by atoms with van der Waals surface area (Å²) < 4.78 is 47.0. The smallest absolute Gasteiger partial charge is 0.417 e. The van der Waals surface area contributed by atoms with Crippen LogP contribution in [0.1, 0.15) is 16.7 Å². The van der Waals surface area contributed by atoms with Crippen molar-refractivity contribution in [2.24, 2.45) is 0 Å². The van der Waals surface area contributed by atoms with Crippen molar-refractivity contribution in [1.82, 2.24) is 4.90 Å². The molecule has 0 bridgehead atoms. The highest BCUT2D eigenvalue weighted by Gasteiger charge is 2.38. The summed E-state index contributed by atoms with van der Waals surface area (Å²) in [5.74, 6) is -0.725. The number of alkyl halides is 3. The fourth-order valence-corrected chi connectivity index (χ4v) is 3.89. The largest absolute Gasteiger partial charge is 0.447 e. The highest BCUT2D eigenvalue weighted by Crippen LogP contribution is 2.40. The molecule has 1 aliphatic rings. The van der Waals surface area contributed by atoms with Crippen LogP contribution in [-0.2, 0) is 22.1 Å². The molecule has 1 aliphatic heterocycles. The van der Waals surface area contributed by atoms with E-state index in [2.05, 4.69) is 0 Å². The molecule has 0 saturated carbocycles. The van der Waals surface area contributed by atoms with Crippen molar-refractivity contribution in [3.63, 3.8) is 0 Å². The topological polar surface area (TPSA) is 46.6 Å². The second-order valence-corrected chi connectivity index (χ2v) is 7.60. The fraction of sp³-hybridized carbons (Fsp3) is 0.154. The second kappa shape index (κ2) is 9.32. The summed E-state index contributed by atoms with van der Waals surface area (Å²) in [6, 6.07) is 21.2. The van der Waals surface area contributed by atoms with Crippen LogP contribution in [0.25, 0.3) is 17.2 Å². The molecule has 0 N–H and O–H groups in total. The zero-order valence-electron chi connectivity index (χ0n) is 17.5. The molecular formula is C26H20F3NO3. The molecule has 1 atom stereocenters. The zero-order chi connectivity index (χ0) is 23.4. The van der Waals surface area contributed by atoms with Gasteiger partial charge in [0.05, 0.1) is 11.6 Å². The maximum absolute atomic E-state index is 14.0. The number of ether oxygens (including phenoxy) is 1. The average molecular weight is 451 g/mol. The molecule has 3 aromatic rings. The number of hydrogen-bond donors (Lipinski definition) is 0. The van der Waals surface area contributed by atoms with E-state index in [0.29, 0.717) is 12.0 Å². The number of cyclic esters (lactones) is 1. The Morgan fingerprint density at radius 3 is 2.30 bits per heavy atom. The van der Waals surface area contributed by atoms with Crippen LogP contribution in [0.4, 0.5) is 18.0 Å². The lowest BCUT2D eigenvalue weighted by atomic mass is 9.94. The SMILES string of the molecule is O=C(/C=C/c1cccc(-c2ccccc2)c1C(F)(F)F)N1C(=O)OCC1Cc1ccccc1. The lowest BCUT2D eigenvalue weighted by Crippen LogP contribution is -2.39. The van der Waals surface area contributed by atoms with Gasteiger partial charge >= 0.3 is 12.3 Å². The van der Waals surface area contributed by atoms with E-state index in [1.54, 1.807) is 30.3 Å². The van der Waals surface area contributed by atoms with Gasteiger partial charge in [0.1, 0.15) is 6.61 Å². The van der Waals surface area contributed by atoms with Crippen LogP contribution in [0.5, 0.6) is 0 Å². The average Bonchev–Trinajstić information content (AvgIpc) is 3.17. The number of nitrogens with zero attached hydrogens (tertiary/aromatic N) is 1. The minimum absolute atomic E-state index is 0.0141. The Hall–Kier alpha value is -3.87. The third-order valence-electron chi connectivity index (χ3n) is 5.38. The van der Waals surface area contributed by atoms with Gasteiger partial charge in [-0.3, -0.25) is 4.79 Å². The molecule has 0 radical (unpaired) electrons. The fourth-order valence-electron chi connectivity index (χ4n) is 3.89. The molecule has 0 aliphatic carbocycles. The van der Waals surface area contributed by atoms with Gasteiger partial charge in [-0.15, -0.1) is 0 Å². The van der Waals surface area contributed by atoms with Gasteiger partial charge in [0, 0.05) is 6.08 Å². The zero-order valence-corrected chi connectivity index (χ0v) is 17.5. The van der Waals surface area contributed by atoms with E-state index >= 15 is 0 Å². The highest BCUT2D eigenvalue weighted by atomic mass is 19.4. The molecule has 0 aromatic heterocycles. The van der Waals surface area contributed by atoms with E-state index < -0.39 is 29.8 Å². The molecule has 4 nitrogen and oxygen atoms in total. The number of benzene rings is 3. The number of imide groups is 1.